The Hall–Kier alpha value is -3.36. The van der Waals surface area contributed by atoms with Crippen LogP contribution in [0.5, 0.6) is 0 Å². The minimum Gasteiger partial charge on any atom is -0.354 e. The van der Waals surface area contributed by atoms with Gasteiger partial charge in [0.05, 0.1) is 10.6 Å². The third-order valence-electron chi connectivity index (χ3n) is 6.23. The highest BCUT2D eigenvalue weighted by atomic mass is 35.5. The van der Waals surface area contributed by atoms with Crippen LogP contribution in [0.25, 0.3) is 0 Å². The average molecular weight is 556 g/mol. The first-order chi connectivity index (χ1) is 18.0. The Kier molecular flexibility index (Phi) is 9.94. The summed E-state index contributed by atoms with van der Waals surface area (Å²) in [6.45, 7) is 7.33. The monoisotopic (exact) mass is 555 g/mol. The molecule has 38 heavy (non-hydrogen) atoms. The van der Waals surface area contributed by atoms with Crippen LogP contribution in [0.4, 0.5) is 5.69 Å². The summed E-state index contributed by atoms with van der Waals surface area (Å²) in [5.41, 5.74) is 2.74. The van der Waals surface area contributed by atoms with Crippen molar-refractivity contribution >= 4 is 39.1 Å². The van der Waals surface area contributed by atoms with Crippen molar-refractivity contribution in [3.63, 3.8) is 0 Å². The molecule has 0 aliphatic carbocycles. The molecule has 0 bridgehead atoms. The number of halogens is 1. The zero-order valence-corrected chi connectivity index (χ0v) is 23.7. The average Bonchev–Trinajstić information content (AvgIpc) is 2.89. The molecule has 0 saturated carbocycles. The molecule has 0 fully saturated rings. The van der Waals surface area contributed by atoms with Gasteiger partial charge in [0.2, 0.25) is 11.8 Å². The summed E-state index contributed by atoms with van der Waals surface area (Å²) in [7, 11) is -4.10. The number of hydrogen-bond donors (Lipinski definition) is 1. The number of nitrogens with one attached hydrogen (secondary N) is 1. The highest BCUT2D eigenvalue weighted by Gasteiger charge is 2.33. The van der Waals surface area contributed by atoms with E-state index in [4.69, 9.17) is 11.6 Å². The van der Waals surface area contributed by atoms with Gasteiger partial charge in [-0.05, 0) is 68.7 Å². The Morgan fingerprint density at radius 3 is 2.29 bits per heavy atom. The van der Waals surface area contributed by atoms with Crippen LogP contribution in [0.3, 0.4) is 0 Å². The van der Waals surface area contributed by atoms with E-state index < -0.39 is 28.5 Å². The molecule has 7 nitrogen and oxygen atoms in total. The van der Waals surface area contributed by atoms with Gasteiger partial charge < -0.3 is 10.2 Å². The number of para-hydroxylation sites is 1. The molecule has 3 aromatic rings. The molecule has 0 heterocycles. The molecule has 3 rings (SSSR count). The maximum Gasteiger partial charge on any atom is 0.264 e. The van der Waals surface area contributed by atoms with Gasteiger partial charge in [0, 0.05) is 18.1 Å². The predicted molar refractivity (Wildman–Crippen MR) is 152 cm³/mol. The van der Waals surface area contributed by atoms with Crippen LogP contribution in [-0.4, -0.2) is 44.3 Å². The highest BCUT2D eigenvalue weighted by Crippen LogP contribution is 2.27. The second kappa shape index (κ2) is 12.9. The van der Waals surface area contributed by atoms with Gasteiger partial charge >= 0.3 is 0 Å². The van der Waals surface area contributed by atoms with Gasteiger partial charge in [-0.25, -0.2) is 8.42 Å². The van der Waals surface area contributed by atoms with Crippen LogP contribution in [-0.2, 0) is 26.2 Å². The summed E-state index contributed by atoms with van der Waals surface area (Å²) in [5.74, 6) is -0.825. The molecule has 1 atom stereocenters. The number of nitrogens with zero attached hydrogens (tertiary/aromatic N) is 2. The summed E-state index contributed by atoms with van der Waals surface area (Å²) >= 11 is 6.17. The number of anilines is 1. The van der Waals surface area contributed by atoms with E-state index in [1.807, 2.05) is 26.0 Å². The van der Waals surface area contributed by atoms with Gasteiger partial charge in [-0.15, -0.1) is 0 Å². The van der Waals surface area contributed by atoms with Crippen LogP contribution >= 0.6 is 11.6 Å². The van der Waals surface area contributed by atoms with Crippen molar-refractivity contribution in [2.45, 2.75) is 51.6 Å². The van der Waals surface area contributed by atoms with Crippen molar-refractivity contribution in [1.29, 1.82) is 0 Å². The van der Waals surface area contributed by atoms with Gasteiger partial charge in [0.1, 0.15) is 12.6 Å². The van der Waals surface area contributed by atoms with E-state index in [1.54, 1.807) is 62.4 Å². The standard InChI is InChI=1S/C29H34ClN3O4S/c1-5-17-31-29(35)23(4)32(19-24-10-8-11-25(30)18-24)28(34)20-33(27-12-7-6-9-22(27)3)38(36,37)26-15-13-21(2)14-16-26/h6-16,18,23H,5,17,19-20H2,1-4H3,(H,31,35). The molecule has 0 spiro atoms. The topological polar surface area (TPSA) is 86.8 Å². The molecule has 0 saturated heterocycles. The Morgan fingerprint density at radius 2 is 1.66 bits per heavy atom. The number of carbonyl (C=O) groups is 2. The van der Waals surface area contributed by atoms with E-state index in [9.17, 15) is 18.0 Å². The third-order valence-corrected chi connectivity index (χ3v) is 8.24. The number of carbonyl (C=O) groups excluding carboxylic acids is 2. The van der Waals surface area contributed by atoms with Gasteiger partial charge in [-0.2, -0.15) is 0 Å². The number of hydrogen-bond acceptors (Lipinski definition) is 4. The van der Waals surface area contributed by atoms with E-state index in [1.165, 1.54) is 17.0 Å². The molecule has 0 aliphatic heterocycles. The summed E-state index contributed by atoms with van der Waals surface area (Å²) in [4.78, 5) is 28.3. The Morgan fingerprint density at radius 1 is 0.974 bits per heavy atom. The Labute approximate surface area is 230 Å². The largest absolute Gasteiger partial charge is 0.354 e. The predicted octanol–water partition coefficient (Wildman–Crippen LogP) is 5.10. The number of rotatable bonds is 11. The number of amides is 2. The van der Waals surface area contributed by atoms with Crippen LogP contribution in [0.1, 0.15) is 37.0 Å². The van der Waals surface area contributed by atoms with Crippen molar-refractivity contribution < 1.29 is 18.0 Å². The number of aryl methyl sites for hydroxylation is 2. The molecular weight excluding hydrogens is 522 g/mol. The first-order valence-electron chi connectivity index (χ1n) is 12.5. The van der Waals surface area contributed by atoms with E-state index >= 15 is 0 Å². The SMILES string of the molecule is CCCNC(=O)C(C)N(Cc1cccc(Cl)c1)C(=O)CN(c1ccccc1C)S(=O)(=O)c1ccc(C)cc1. The zero-order valence-electron chi connectivity index (χ0n) is 22.1. The second-order valence-corrected chi connectivity index (χ2v) is 11.5. The fraction of sp³-hybridized carbons (Fsp3) is 0.310. The van der Waals surface area contributed by atoms with E-state index in [2.05, 4.69) is 5.32 Å². The van der Waals surface area contributed by atoms with Gasteiger partial charge in [-0.3, -0.25) is 13.9 Å². The number of sulfonamides is 1. The second-order valence-electron chi connectivity index (χ2n) is 9.23. The lowest BCUT2D eigenvalue weighted by molar-refractivity contribution is -0.139. The maximum absolute atomic E-state index is 13.9. The van der Waals surface area contributed by atoms with Gasteiger partial charge in [0.15, 0.2) is 0 Å². The molecule has 0 aromatic heterocycles. The first-order valence-corrected chi connectivity index (χ1v) is 14.3. The molecule has 3 aromatic carbocycles. The molecule has 1 N–H and O–H groups in total. The lowest BCUT2D eigenvalue weighted by Gasteiger charge is -2.32. The van der Waals surface area contributed by atoms with Crippen molar-refractivity contribution in [3.8, 4) is 0 Å². The van der Waals surface area contributed by atoms with Crippen molar-refractivity contribution in [2.24, 2.45) is 0 Å². The quantitative estimate of drug-likeness (QED) is 0.357. The van der Waals surface area contributed by atoms with E-state index in [0.717, 1.165) is 21.9 Å². The van der Waals surface area contributed by atoms with Gasteiger partial charge in [0.25, 0.3) is 10.0 Å². The van der Waals surface area contributed by atoms with Crippen molar-refractivity contribution in [1.82, 2.24) is 10.2 Å². The van der Waals surface area contributed by atoms with E-state index in [0.29, 0.717) is 22.8 Å². The molecule has 9 heteroatoms. The lowest BCUT2D eigenvalue weighted by Crippen LogP contribution is -2.51. The summed E-state index contributed by atoms with van der Waals surface area (Å²) < 4.78 is 28.8. The summed E-state index contributed by atoms with van der Waals surface area (Å²) in [6, 6.07) is 19.7. The minimum absolute atomic E-state index is 0.0780. The maximum atomic E-state index is 13.9. The summed E-state index contributed by atoms with van der Waals surface area (Å²) in [5, 5.41) is 3.33. The number of benzene rings is 3. The normalized spacial score (nSPS) is 12.0. The van der Waals surface area contributed by atoms with Crippen molar-refractivity contribution in [2.75, 3.05) is 17.4 Å². The molecular formula is C29H34ClN3O4S. The van der Waals surface area contributed by atoms with Crippen LogP contribution in [0.2, 0.25) is 5.02 Å². The minimum atomic E-state index is -4.10. The molecule has 0 radical (unpaired) electrons. The highest BCUT2D eigenvalue weighted by molar-refractivity contribution is 7.92. The van der Waals surface area contributed by atoms with Crippen LogP contribution < -0.4 is 9.62 Å². The Balaban J connectivity index is 2.03. The molecule has 202 valence electrons. The van der Waals surface area contributed by atoms with Crippen LogP contribution in [0, 0.1) is 13.8 Å². The zero-order chi connectivity index (χ0) is 27.9. The fourth-order valence-corrected chi connectivity index (χ4v) is 5.70. The third kappa shape index (κ3) is 7.14. The molecule has 1 unspecified atom stereocenters. The molecule has 2 amide bonds. The van der Waals surface area contributed by atoms with Gasteiger partial charge in [-0.1, -0.05) is 66.6 Å². The van der Waals surface area contributed by atoms with Crippen LogP contribution in [0.15, 0.2) is 77.7 Å². The lowest BCUT2D eigenvalue weighted by atomic mass is 10.1. The Bertz CT molecular complexity index is 1380. The molecule has 0 aliphatic rings. The fourth-order valence-electron chi connectivity index (χ4n) is 4.00. The summed E-state index contributed by atoms with van der Waals surface area (Å²) in [6.07, 6.45) is 0.747. The van der Waals surface area contributed by atoms with Crippen molar-refractivity contribution in [3.05, 3.63) is 94.5 Å². The smallest absolute Gasteiger partial charge is 0.264 e. The first kappa shape index (κ1) is 29.2. The van der Waals surface area contributed by atoms with E-state index in [-0.39, 0.29) is 17.3 Å².